The van der Waals surface area contributed by atoms with Crippen molar-refractivity contribution in [3.63, 3.8) is 0 Å². The molecular formula is C15H22N2O3. The molecule has 0 amide bonds. The first-order valence-corrected chi connectivity index (χ1v) is 7.02. The summed E-state index contributed by atoms with van der Waals surface area (Å²) in [5.41, 5.74) is 1.11. The molecule has 20 heavy (non-hydrogen) atoms. The molecule has 1 aliphatic heterocycles. The van der Waals surface area contributed by atoms with E-state index < -0.39 is 5.97 Å². The van der Waals surface area contributed by atoms with Gasteiger partial charge in [-0.05, 0) is 31.9 Å². The van der Waals surface area contributed by atoms with E-state index in [1.54, 1.807) is 12.1 Å². The van der Waals surface area contributed by atoms with E-state index in [-0.39, 0.29) is 18.1 Å². The van der Waals surface area contributed by atoms with Gasteiger partial charge < -0.3 is 14.7 Å². The third-order valence-electron chi connectivity index (χ3n) is 3.41. The zero-order valence-electron chi connectivity index (χ0n) is 12.5. The normalized spacial score (nSPS) is 23.1. The van der Waals surface area contributed by atoms with Crippen molar-refractivity contribution in [1.29, 1.82) is 0 Å². The van der Waals surface area contributed by atoms with Crippen molar-refractivity contribution in [2.24, 2.45) is 0 Å². The Morgan fingerprint density at radius 1 is 1.35 bits per heavy atom. The van der Waals surface area contributed by atoms with Crippen LogP contribution in [-0.4, -0.2) is 41.4 Å². The SMILES string of the molecule is CC(C)c1cc(C(=O)O)cc(N2C[C@@H](C)O[C@@H](C)C2)n1. The number of nitrogens with zero attached hydrogens (tertiary/aromatic N) is 2. The summed E-state index contributed by atoms with van der Waals surface area (Å²) in [5.74, 6) is 0.0180. The van der Waals surface area contributed by atoms with Gasteiger partial charge in [0.1, 0.15) is 5.82 Å². The molecular weight excluding hydrogens is 256 g/mol. The largest absolute Gasteiger partial charge is 0.478 e. The molecule has 1 aromatic rings. The van der Waals surface area contributed by atoms with Crippen molar-refractivity contribution < 1.29 is 14.6 Å². The molecule has 1 aromatic heterocycles. The highest BCUT2D eigenvalue weighted by Crippen LogP contribution is 2.23. The molecule has 110 valence electrons. The third-order valence-corrected chi connectivity index (χ3v) is 3.41. The fourth-order valence-corrected chi connectivity index (χ4v) is 2.48. The van der Waals surface area contributed by atoms with Gasteiger partial charge in [-0.2, -0.15) is 0 Å². The van der Waals surface area contributed by atoms with Crippen LogP contribution >= 0.6 is 0 Å². The Labute approximate surface area is 119 Å². The predicted molar refractivity (Wildman–Crippen MR) is 77.5 cm³/mol. The van der Waals surface area contributed by atoms with E-state index in [0.29, 0.717) is 5.56 Å². The molecule has 2 rings (SSSR count). The lowest BCUT2D eigenvalue weighted by atomic mass is 10.1. The summed E-state index contributed by atoms with van der Waals surface area (Å²) in [7, 11) is 0. The fourth-order valence-electron chi connectivity index (χ4n) is 2.48. The number of carboxylic acids is 1. The Kier molecular flexibility index (Phi) is 4.28. The van der Waals surface area contributed by atoms with Gasteiger partial charge >= 0.3 is 5.97 Å². The van der Waals surface area contributed by atoms with Crippen LogP contribution in [0.1, 0.15) is 49.7 Å². The second-order valence-electron chi connectivity index (χ2n) is 5.76. The third kappa shape index (κ3) is 3.28. The van der Waals surface area contributed by atoms with Crippen LogP contribution in [-0.2, 0) is 4.74 Å². The Bertz CT molecular complexity index is 492. The summed E-state index contributed by atoms with van der Waals surface area (Å²) in [5, 5.41) is 9.25. The Morgan fingerprint density at radius 2 is 1.95 bits per heavy atom. The van der Waals surface area contributed by atoms with Crippen molar-refractivity contribution in [3.05, 3.63) is 23.4 Å². The van der Waals surface area contributed by atoms with Crippen LogP contribution in [0, 0.1) is 0 Å². The molecule has 1 saturated heterocycles. The van der Waals surface area contributed by atoms with Crippen LogP contribution in [0.15, 0.2) is 12.1 Å². The molecule has 2 atom stereocenters. The van der Waals surface area contributed by atoms with E-state index in [1.165, 1.54) is 0 Å². The van der Waals surface area contributed by atoms with Gasteiger partial charge in [-0.15, -0.1) is 0 Å². The van der Waals surface area contributed by atoms with Crippen LogP contribution in [0.25, 0.3) is 0 Å². The number of hydrogen-bond donors (Lipinski definition) is 1. The highest BCUT2D eigenvalue weighted by atomic mass is 16.5. The van der Waals surface area contributed by atoms with Gasteiger partial charge in [-0.25, -0.2) is 9.78 Å². The lowest BCUT2D eigenvalue weighted by Crippen LogP contribution is -2.46. The molecule has 0 aliphatic carbocycles. The minimum atomic E-state index is -0.912. The summed E-state index contributed by atoms with van der Waals surface area (Å²) in [6.07, 6.45) is 0.244. The predicted octanol–water partition coefficient (Wildman–Crippen LogP) is 2.52. The molecule has 5 heteroatoms. The maximum absolute atomic E-state index is 11.3. The Morgan fingerprint density at radius 3 is 2.45 bits per heavy atom. The van der Waals surface area contributed by atoms with Crippen LogP contribution < -0.4 is 4.90 Å². The van der Waals surface area contributed by atoms with Gasteiger partial charge in [0.15, 0.2) is 0 Å². The van der Waals surface area contributed by atoms with E-state index in [2.05, 4.69) is 9.88 Å². The van der Waals surface area contributed by atoms with Gasteiger partial charge in [0.25, 0.3) is 0 Å². The molecule has 1 aliphatic rings. The number of anilines is 1. The van der Waals surface area contributed by atoms with E-state index in [9.17, 15) is 9.90 Å². The van der Waals surface area contributed by atoms with E-state index >= 15 is 0 Å². The number of carboxylic acid groups (broad SMARTS) is 1. The van der Waals surface area contributed by atoms with Crippen LogP contribution in [0.4, 0.5) is 5.82 Å². The lowest BCUT2D eigenvalue weighted by molar-refractivity contribution is -0.00547. The van der Waals surface area contributed by atoms with E-state index in [1.807, 2.05) is 27.7 Å². The molecule has 0 aromatic carbocycles. The minimum Gasteiger partial charge on any atom is -0.478 e. The Hall–Kier alpha value is -1.62. The summed E-state index contributed by atoms with van der Waals surface area (Å²) in [6.45, 7) is 9.54. The maximum atomic E-state index is 11.3. The molecule has 1 fully saturated rings. The highest BCUT2D eigenvalue weighted by molar-refractivity contribution is 5.88. The zero-order valence-corrected chi connectivity index (χ0v) is 12.5. The molecule has 2 heterocycles. The van der Waals surface area contributed by atoms with E-state index in [4.69, 9.17) is 4.74 Å². The first-order valence-electron chi connectivity index (χ1n) is 7.02. The average molecular weight is 278 g/mol. The summed E-state index contributed by atoms with van der Waals surface area (Å²) in [4.78, 5) is 18.0. The molecule has 5 nitrogen and oxygen atoms in total. The molecule has 0 saturated carbocycles. The number of hydrogen-bond acceptors (Lipinski definition) is 4. The van der Waals surface area contributed by atoms with Gasteiger partial charge in [-0.1, -0.05) is 13.8 Å². The van der Waals surface area contributed by atoms with Crippen LogP contribution in [0.3, 0.4) is 0 Å². The van der Waals surface area contributed by atoms with Crippen LogP contribution in [0.2, 0.25) is 0 Å². The summed E-state index contributed by atoms with van der Waals surface area (Å²) < 4.78 is 5.71. The quantitative estimate of drug-likeness (QED) is 0.920. The number of carbonyl (C=O) groups is 1. The first-order chi connectivity index (χ1) is 9.36. The summed E-state index contributed by atoms with van der Waals surface area (Å²) in [6, 6.07) is 3.31. The van der Waals surface area contributed by atoms with Crippen molar-refractivity contribution in [3.8, 4) is 0 Å². The second-order valence-corrected chi connectivity index (χ2v) is 5.76. The smallest absolute Gasteiger partial charge is 0.335 e. The number of pyridine rings is 1. The Balaban J connectivity index is 2.37. The fraction of sp³-hybridized carbons (Fsp3) is 0.600. The van der Waals surface area contributed by atoms with Crippen molar-refractivity contribution in [1.82, 2.24) is 4.98 Å². The van der Waals surface area contributed by atoms with Gasteiger partial charge in [0.05, 0.1) is 17.8 Å². The molecule has 0 bridgehead atoms. The number of morpholine rings is 1. The standard InChI is InChI=1S/C15H22N2O3/c1-9(2)13-5-12(15(18)19)6-14(16-13)17-7-10(3)20-11(4)8-17/h5-6,9-11H,7-8H2,1-4H3,(H,18,19)/t10-,11+. The molecule has 0 radical (unpaired) electrons. The molecule has 0 unspecified atom stereocenters. The van der Waals surface area contributed by atoms with Crippen molar-refractivity contribution >= 4 is 11.8 Å². The van der Waals surface area contributed by atoms with Gasteiger partial charge in [-0.3, -0.25) is 0 Å². The zero-order chi connectivity index (χ0) is 14.9. The minimum absolute atomic E-state index is 0.122. The highest BCUT2D eigenvalue weighted by Gasteiger charge is 2.24. The van der Waals surface area contributed by atoms with Gasteiger partial charge in [0, 0.05) is 18.8 Å². The number of rotatable bonds is 3. The summed E-state index contributed by atoms with van der Waals surface area (Å²) >= 11 is 0. The number of ether oxygens (including phenoxy) is 1. The lowest BCUT2D eigenvalue weighted by Gasteiger charge is -2.36. The number of aromatic nitrogens is 1. The van der Waals surface area contributed by atoms with Crippen molar-refractivity contribution in [2.45, 2.75) is 45.8 Å². The average Bonchev–Trinajstić information content (AvgIpc) is 2.36. The van der Waals surface area contributed by atoms with E-state index in [0.717, 1.165) is 24.6 Å². The molecule has 1 N–H and O–H groups in total. The monoisotopic (exact) mass is 278 g/mol. The number of aromatic carboxylic acids is 1. The maximum Gasteiger partial charge on any atom is 0.335 e. The topological polar surface area (TPSA) is 62.7 Å². The van der Waals surface area contributed by atoms with Gasteiger partial charge in [0.2, 0.25) is 0 Å². The molecule has 0 spiro atoms. The van der Waals surface area contributed by atoms with Crippen molar-refractivity contribution in [2.75, 3.05) is 18.0 Å². The van der Waals surface area contributed by atoms with Crippen LogP contribution in [0.5, 0.6) is 0 Å². The first kappa shape index (κ1) is 14.8. The second kappa shape index (κ2) is 5.79.